The maximum Gasteiger partial charge on any atom is 0.269 e. The van der Waals surface area contributed by atoms with Gasteiger partial charge in [-0.15, -0.1) is 0 Å². The zero-order valence-corrected chi connectivity index (χ0v) is 13.6. The first-order valence-electron chi connectivity index (χ1n) is 8.47. The van der Waals surface area contributed by atoms with E-state index in [4.69, 9.17) is 0 Å². The Hall–Kier alpha value is -2.62. The van der Waals surface area contributed by atoms with E-state index in [1.54, 1.807) is 12.1 Å². The highest BCUT2D eigenvalue weighted by Gasteiger charge is 2.37. The molecular formula is C20H20N2O2. The van der Waals surface area contributed by atoms with Crippen molar-refractivity contribution in [1.82, 2.24) is 0 Å². The van der Waals surface area contributed by atoms with Crippen LogP contribution in [0.3, 0.4) is 0 Å². The highest BCUT2D eigenvalue weighted by molar-refractivity contribution is 5.61. The van der Waals surface area contributed by atoms with Crippen molar-refractivity contribution in [2.75, 3.05) is 5.32 Å². The average Bonchev–Trinajstić information content (AvgIpc) is 3.10. The number of hydrogen-bond donors (Lipinski definition) is 1. The fourth-order valence-corrected chi connectivity index (χ4v) is 4.00. The molecule has 2 aromatic rings. The predicted octanol–water partition coefficient (Wildman–Crippen LogP) is 4.98. The summed E-state index contributed by atoms with van der Waals surface area (Å²) in [6.45, 7) is 2.18. The standard InChI is InChI=1S/C20H20N2O2/c1-2-13-6-11-19-18(12-13)16-4-3-5-17(16)20(21-19)14-7-9-15(10-8-14)22(23)24/h3-4,6-12,16-17,20-21H,2,5H2,1H3. The maximum atomic E-state index is 10.9. The van der Waals surface area contributed by atoms with E-state index >= 15 is 0 Å². The number of nitro groups is 1. The second-order valence-corrected chi connectivity index (χ2v) is 6.60. The number of nitrogens with one attached hydrogen (secondary N) is 1. The van der Waals surface area contributed by atoms with Crippen LogP contribution in [-0.4, -0.2) is 4.92 Å². The van der Waals surface area contributed by atoms with E-state index in [2.05, 4.69) is 42.6 Å². The van der Waals surface area contributed by atoms with E-state index in [9.17, 15) is 10.1 Å². The Morgan fingerprint density at radius 1 is 1.21 bits per heavy atom. The van der Waals surface area contributed by atoms with Crippen molar-refractivity contribution >= 4 is 11.4 Å². The van der Waals surface area contributed by atoms with Crippen molar-refractivity contribution in [2.45, 2.75) is 31.7 Å². The van der Waals surface area contributed by atoms with Crippen LogP contribution in [0.25, 0.3) is 0 Å². The first-order chi connectivity index (χ1) is 11.7. The zero-order chi connectivity index (χ0) is 16.7. The van der Waals surface area contributed by atoms with Crippen molar-refractivity contribution in [3.05, 3.63) is 81.4 Å². The minimum atomic E-state index is -0.348. The van der Waals surface area contributed by atoms with Crippen LogP contribution in [-0.2, 0) is 6.42 Å². The highest BCUT2D eigenvalue weighted by atomic mass is 16.6. The van der Waals surface area contributed by atoms with Crippen LogP contribution in [0.2, 0.25) is 0 Å². The normalized spacial score (nSPS) is 24.1. The summed E-state index contributed by atoms with van der Waals surface area (Å²) < 4.78 is 0. The van der Waals surface area contributed by atoms with Crippen LogP contribution in [0.5, 0.6) is 0 Å². The van der Waals surface area contributed by atoms with E-state index in [1.165, 1.54) is 16.8 Å². The zero-order valence-electron chi connectivity index (χ0n) is 13.6. The lowest BCUT2D eigenvalue weighted by Crippen LogP contribution is -2.29. The summed E-state index contributed by atoms with van der Waals surface area (Å²) in [6, 6.07) is 13.8. The molecule has 122 valence electrons. The summed E-state index contributed by atoms with van der Waals surface area (Å²) in [5, 5.41) is 14.5. The van der Waals surface area contributed by atoms with Gasteiger partial charge in [0.2, 0.25) is 0 Å². The number of allylic oxidation sites excluding steroid dienone is 2. The third kappa shape index (κ3) is 2.39. The molecule has 1 aliphatic carbocycles. The van der Waals surface area contributed by atoms with Gasteiger partial charge in [0.05, 0.1) is 11.0 Å². The molecule has 3 unspecified atom stereocenters. The fraction of sp³-hybridized carbons (Fsp3) is 0.300. The second kappa shape index (κ2) is 5.78. The molecule has 0 fully saturated rings. The summed E-state index contributed by atoms with van der Waals surface area (Å²) in [6.07, 6.45) is 6.67. The van der Waals surface area contributed by atoms with Gasteiger partial charge in [-0.25, -0.2) is 0 Å². The number of hydrogen-bond acceptors (Lipinski definition) is 3. The van der Waals surface area contributed by atoms with Crippen molar-refractivity contribution in [3.8, 4) is 0 Å². The Morgan fingerprint density at radius 3 is 2.71 bits per heavy atom. The Balaban J connectivity index is 1.71. The Bertz CT molecular complexity index is 811. The summed E-state index contributed by atoms with van der Waals surface area (Å²) in [7, 11) is 0. The van der Waals surface area contributed by atoms with E-state index in [0.29, 0.717) is 11.8 Å². The van der Waals surface area contributed by atoms with Gasteiger partial charge in [0.1, 0.15) is 0 Å². The van der Waals surface area contributed by atoms with Gasteiger partial charge >= 0.3 is 0 Å². The molecule has 0 radical (unpaired) electrons. The van der Waals surface area contributed by atoms with Gasteiger partial charge in [-0.05, 0) is 41.5 Å². The summed E-state index contributed by atoms with van der Waals surface area (Å²) in [5.41, 5.74) is 5.19. The van der Waals surface area contributed by atoms with Gasteiger partial charge in [0.25, 0.3) is 5.69 Å². The van der Waals surface area contributed by atoms with Gasteiger partial charge in [-0.3, -0.25) is 10.1 Å². The van der Waals surface area contributed by atoms with Gasteiger partial charge < -0.3 is 5.32 Å². The fourth-order valence-electron chi connectivity index (χ4n) is 4.00. The Kier molecular flexibility index (Phi) is 3.60. The molecule has 0 amide bonds. The topological polar surface area (TPSA) is 55.2 Å². The van der Waals surface area contributed by atoms with Gasteiger partial charge in [-0.2, -0.15) is 0 Å². The van der Waals surface area contributed by atoms with E-state index in [0.717, 1.165) is 18.4 Å². The predicted molar refractivity (Wildman–Crippen MR) is 95.3 cm³/mol. The lowest BCUT2D eigenvalue weighted by Gasteiger charge is -2.37. The molecule has 0 aromatic heterocycles. The highest BCUT2D eigenvalue weighted by Crippen LogP contribution is 2.50. The molecule has 2 aromatic carbocycles. The SMILES string of the molecule is CCc1ccc2c(c1)C1C=CCC1C(c1ccc([N+](=O)[O-])cc1)N2. The molecule has 2 aliphatic rings. The number of rotatable bonds is 3. The van der Waals surface area contributed by atoms with E-state index < -0.39 is 0 Å². The molecule has 1 heterocycles. The van der Waals surface area contributed by atoms with Crippen LogP contribution < -0.4 is 5.32 Å². The summed E-state index contributed by atoms with van der Waals surface area (Å²) in [5.74, 6) is 0.888. The van der Waals surface area contributed by atoms with Crippen molar-refractivity contribution in [3.63, 3.8) is 0 Å². The molecule has 24 heavy (non-hydrogen) atoms. The largest absolute Gasteiger partial charge is 0.378 e. The number of fused-ring (bicyclic) bond motifs is 3. The number of anilines is 1. The quantitative estimate of drug-likeness (QED) is 0.493. The summed E-state index contributed by atoms with van der Waals surface area (Å²) >= 11 is 0. The second-order valence-electron chi connectivity index (χ2n) is 6.60. The molecule has 4 nitrogen and oxygen atoms in total. The van der Waals surface area contributed by atoms with Crippen LogP contribution in [0, 0.1) is 16.0 Å². The van der Waals surface area contributed by atoms with E-state index in [1.807, 2.05) is 12.1 Å². The van der Waals surface area contributed by atoms with Crippen LogP contribution in [0.15, 0.2) is 54.6 Å². The third-order valence-electron chi connectivity index (χ3n) is 5.30. The molecule has 0 bridgehead atoms. The van der Waals surface area contributed by atoms with Gasteiger partial charge in [0.15, 0.2) is 0 Å². The monoisotopic (exact) mass is 320 g/mol. The maximum absolute atomic E-state index is 10.9. The van der Waals surface area contributed by atoms with Crippen LogP contribution in [0.1, 0.15) is 42.0 Å². The summed E-state index contributed by atoms with van der Waals surface area (Å²) in [4.78, 5) is 10.5. The molecule has 0 saturated heterocycles. The van der Waals surface area contributed by atoms with Crippen molar-refractivity contribution < 1.29 is 4.92 Å². The lowest BCUT2D eigenvalue weighted by molar-refractivity contribution is -0.384. The van der Waals surface area contributed by atoms with Crippen LogP contribution >= 0.6 is 0 Å². The number of benzene rings is 2. The smallest absolute Gasteiger partial charge is 0.269 e. The minimum absolute atomic E-state index is 0.142. The average molecular weight is 320 g/mol. The molecular weight excluding hydrogens is 300 g/mol. The van der Waals surface area contributed by atoms with Crippen LogP contribution in [0.4, 0.5) is 11.4 Å². The third-order valence-corrected chi connectivity index (χ3v) is 5.30. The first kappa shape index (κ1) is 14.9. The number of nitro benzene ring substituents is 1. The molecule has 4 rings (SSSR count). The molecule has 1 N–H and O–H groups in total. The Labute approximate surface area is 141 Å². The Morgan fingerprint density at radius 2 is 2.00 bits per heavy atom. The molecule has 0 spiro atoms. The van der Waals surface area contributed by atoms with E-state index in [-0.39, 0.29) is 16.7 Å². The van der Waals surface area contributed by atoms with Gasteiger partial charge in [0, 0.05) is 23.7 Å². The molecule has 3 atom stereocenters. The number of aryl methyl sites for hydroxylation is 1. The lowest BCUT2D eigenvalue weighted by atomic mass is 9.76. The molecule has 1 aliphatic heterocycles. The molecule has 4 heteroatoms. The van der Waals surface area contributed by atoms with Gasteiger partial charge in [-0.1, -0.05) is 43.3 Å². The number of non-ortho nitro benzene ring substituents is 1. The minimum Gasteiger partial charge on any atom is -0.378 e. The number of nitrogens with zero attached hydrogens (tertiary/aromatic N) is 1. The molecule has 0 saturated carbocycles. The van der Waals surface area contributed by atoms with Crippen molar-refractivity contribution in [2.24, 2.45) is 5.92 Å². The van der Waals surface area contributed by atoms with Crippen molar-refractivity contribution in [1.29, 1.82) is 0 Å². The first-order valence-corrected chi connectivity index (χ1v) is 8.47.